The first kappa shape index (κ1) is 12.9. The molecular formula is C10H6Cl2N4OS. The van der Waals surface area contributed by atoms with Crippen LogP contribution >= 0.6 is 35.4 Å². The average Bonchev–Trinajstić information content (AvgIpc) is 2.33. The topological polar surface area (TPSA) is 63.0 Å². The fourth-order valence-corrected chi connectivity index (χ4v) is 1.67. The highest BCUT2D eigenvalue weighted by Gasteiger charge is 1.98. The van der Waals surface area contributed by atoms with Crippen molar-refractivity contribution in [2.45, 2.75) is 0 Å². The SMILES string of the molecule is O=c1cn[nH]c(=S)n1/N=C/c1ccc(Cl)c(Cl)c1. The van der Waals surface area contributed by atoms with Crippen LogP contribution in [0.2, 0.25) is 10.0 Å². The van der Waals surface area contributed by atoms with Crippen LogP contribution in [-0.2, 0) is 0 Å². The summed E-state index contributed by atoms with van der Waals surface area (Å²) in [5, 5.41) is 10.8. The number of benzene rings is 1. The molecule has 92 valence electrons. The van der Waals surface area contributed by atoms with E-state index in [9.17, 15) is 4.79 Å². The number of hydrogen-bond donors (Lipinski definition) is 1. The van der Waals surface area contributed by atoms with Gasteiger partial charge in [0.05, 0.1) is 16.3 Å². The van der Waals surface area contributed by atoms with E-state index in [-0.39, 0.29) is 4.77 Å². The first-order valence-corrected chi connectivity index (χ1v) is 5.90. The molecule has 0 atom stereocenters. The minimum Gasteiger partial charge on any atom is -0.265 e. The molecule has 18 heavy (non-hydrogen) atoms. The Kier molecular flexibility index (Phi) is 3.90. The Hall–Kier alpha value is -1.50. The van der Waals surface area contributed by atoms with Gasteiger partial charge in [-0.2, -0.15) is 14.9 Å². The van der Waals surface area contributed by atoms with Crippen LogP contribution in [0.4, 0.5) is 0 Å². The van der Waals surface area contributed by atoms with Gasteiger partial charge in [0.1, 0.15) is 6.20 Å². The molecule has 0 aliphatic rings. The molecule has 8 heteroatoms. The van der Waals surface area contributed by atoms with Gasteiger partial charge in [0.2, 0.25) is 4.77 Å². The first-order chi connectivity index (χ1) is 8.58. The van der Waals surface area contributed by atoms with Gasteiger partial charge in [-0.1, -0.05) is 29.3 Å². The van der Waals surface area contributed by atoms with Crippen molar-refractivity contribution in [3.63, 3.8) is 0 Å². The zero-order valence-corrected chi connectivity index (χ0v) is 11.1. The van der Waals surface area contributed by atoms with Crippen molar-refractivity contribution in [2.75, 3.05) is 0 Å². The third-order valence-corrected chi connectivity index (χ3v) is 3.01. The number of rotatable bonds is 2. The molecule has 0 fully saturated rings. The molecule has 0 amide bonds. The normalized spacial score (nSPS) is 11.0. The van der Waals surface area contributed by atoms with Crippen LogP contribution in [0.5, 0.6) is 0 Å². The van der Waals surface area contributed by atoms with Gasteiger partial charge in [-0.25, -0.2) is 0 Å². The van der Waals surface area contributed by atoms with Crippen molar-refractivity contribution in [3.05, 3.63) is 55.1 Å². The van der Waals surface area contributed by atoms with Crippen molar-refractivity contribution in [1.82, 2.24) is 14.9 Å². The van der Waals surface area contributed by atoms with Gasteiger partial charge in [-0.15, -0.1) is 0 Å². The Morgan fingerprint density at radius 1 is 1.39 bits per heavy atom. The van der Waals surface area contributed by atoms with Gasteiger partial charge < -0.3 is 0 Å². The number of nitrogens with zero attached hydrogens (tertiary/aromatic N) is 3. The van der Waals surface area contributed by atoms with E-state index in [4.69, 9.17) is 35.4 Å². The summed E-state index contributed by atoms with van der Waals surface area (Å²) in [6.45, 7) is 0. The Morgan fingerprint density at radius 3 is 2.83 bits per heavy atom. The van der Waals surface area contributed by atoms with E-state index in [0.717, 1.165) is 10.9 Å². The summed E-state index contributed by atoms with van der Waals surface area (Å²) in [5.41, 5.74) is 0.276. The highest BCUT2D eigenvalue weighted by Crippen LogP contribution is 2.21. The van der Waals surface area contributed by atoms with Gasteiger partial charge in [-0.05, 0) is 29.9 Å². The highest BCUT2D eigenvalue weighted by molar-refractivity contribution is 7.71. The number of nitrogens with one attached hydrogen (secondary N) is 1. The lowest BCUT2D eigenvalue weighted by Gasteiger charge is -1.98. The van der Waals surface area contributed by atoms with E-state index in [1.165, 1.54) is 6.21 Å². The molecule has 0 bridgehead atoms. The van der Waals surface area contributed by atoms with Crippen LogP contribution in [0.15, 0.2) is 34.3 Å². The molecule has 0 aliphatic carbocycles. The van der Waals surface area contributed by atoms with E-state index in [2.05, 4.69) is 15.3 Å². The predicted molar refractivity (Wildman–Crippen MR) is 73.1 cm³/mol. The first-order valence-electron chi connectivity index (χ1n) is 4.74. The summed E-state index contributed by atoms with van der Waals surface area (Å²) in [6.07, 6.45) is 2.54. The second-order valence-corrected chi connectivity index (χ2v) is 4.44. The number of H-pyrrole nitrogens is 1. The van der Waals surface area contributed by atoms with Gasteiger partial charge >= 0.3 is 0 Å². The molecule has 0 spiro atoms. The summed E-state index contributed by atoms with van der Waals surface area (Å²) in [5.74, 6) is 0. The predicted octanol–water partition coefficient (Wildman–Crippen LogP) is 2.49. The van der Waals surface area contributed by atoms with E-state index in [1.54, 1.807) is 18.2 Å². The van der Waals surface area contributed by atoms with Crippen LogP contribution in [-0.4, -0.2) is 21.1 Å². The lowest BCUT2D eigenvalue weighted by Crippen LogP contribution is -2.18. The summed E-state index contributed by atoms with van der Waals surface area (Å²) in [4.78, 5) is 11.4. The third kappa shape index (κ3) is 2.84. The maximum Gasteiger partial charge on any atom is 0.293 e. The Bertz CT molecular complexity index is 694. The Balaban J connectivity index is 2.39. The second kappa shape index (κ2) is 5.43. The molecule has 2 rings (SSSR count). The van der Waals surface area contributed by atoms with E-state index >= 15 is 0 Å². The zero-order valence-electron chi connectivity index (χ0n) is 8.80. The molecule has 0 saturated heterocycles. The molecular weight excluding hydrogens is 295 g/mol. The van der Waals surface area contributed by atoms with Gasteiger partial charge in [0.15, 0.2) is 0 Å². The number of aromatic amines is 1. The van der Waals surface area contributed by atoms with Crippen LogP contribution < -0.4 is 5.56 Å². The summed E-state index contributed by atoms with van der Waals surface area (Å²) < 4.78 is 1.13. The highest BCUT2D eigenvalue weighted by atomic mass is 35.5. The standard InChI is InChI=1S/C10H6Cl2N4OS/c11-7-2-1-6(3-8(7)12)4-14-16-9(17)5-13-15-10(16)18/h1-5H,(H,15,18)/b14-4+. The smallest absolute Gasteiger partial charge is 0.265 e. The maximum atomic E-state index is 11.4. The number of halogens is 2. The summed E-state index contributed by atoms with van der Waals surface area (Å²) in [6, 6.07) is 4.99. The zero-order chi connectivity index (χ0) is 13.1. The maximum absolute atomic E-state index is 11.4. The molecule has 0 unspecified atom stereocenters. The quantitative estimate of drug-likeness (QED) is 0.684. The largest absolute Gasteiger partial charge is 0.293 e. The lowest BCUT2D eigenvalue weighted by atomic mass is 10.2. The fourth-order valence-electron chi connectivity index (χ4n) is 1.17. The van der Waals surface area contributed by atoms with E-state index in [0.29, 0.717) is 15.6 Å². The minimum atomic E-state index is -0.421. The molecule has 0 radical (unpaired) electrons. The third-order valence-electron chi connectivity index (χ3n) is 2.00. The lowest BCUT2D eigenvalue weighted by molar-refractivity contribution is 0.738. The van der Waals surface area contributed by atoms with Gasteiger partial charge in [-0.3, -0.25) is 9.89 Å². The average molecular weight is 301 g/mol. The van der Waals surface area contributed by atoms with Crippen LogP contribution in [0.1, 0.15) is 5.56 Å². The molecule has 1 aromatic carbocycles. The van der Waals surface area contributed by atoms with Crippen molar-refractivity contribution in [3.8, 4) is 0 Å². The van der Waals surface area contributed by atoms with Crippen molar-refractivity contribution < 1.29 is 0 Å². The second-order valence-electron chi connectivity index (χ2n) is 3.24. The Labute approximate surface area is 117 Å². The molecule has 2 aromatic rings. The fraction of sp³-hybridized carbons (Fsp3) is 0. The van der Waals surface area contributed by atoms with Crippen molar-refractivity contribution in [2.24, 2.45) is 5.10 Å². The van der Waals surface area contributed by atoms with E-state index < -0.39 is 5.56 Å². The van der Waals surface area contributed by atoms with E-state index in [1.807, 2.05) is 0 Å². The van der Waals surface area contributed by atoms with Crippen LogP contribution in [0.3, 0.4) is 0 Å². The minimum absolute atomic E-state index is 0.110. The van der Waals surface area contributed by atoms with Gasteiger partial charge in [0.25, 0.3) is 5.56 Å². The molecule has 0 saturated carbocycles. The molecule has 5 nitrogen and oxygen atoms in total. The molecule has 1 aromatic heterocycles. The molecule has 1 heterocycles. The Morgan fingerprint density at radius 2 is 2.17 bits per heavy atom. The number of aromatic nitrogens is 3. The molecule has 1 N–H and O–H groups in total. The summed E-state index contributed by atoms with van der Waals surface area (Å²) >= 11 is 16.5. The van der Waals surface area contributed by atoms with Gasteiger partial charge in [0, 0.05) is 0 Å². The monoisotopic (exact) mass is 300 g/mol. The van der Waals surface area contributed by atoms with Crippen LogP contribution in [0, 0.1) is 4.77 Å². The molecule has 0 aliphatic heterocycles. The summed E-state index contributed by atoms with van der Waals surface area (Å²) in [7, 11) is 0. The number of hydrogen-bond acceptors (Lipinski definition) is 4. The van der Waals surface area contributed by atoms with Crippen molar-refractivity contribution in [1.29, 1.82) is 0 Å². The van der Waals surface area contributed by atoms with Crippen molar-refractivity contribution >= 4 is 41.6 Å². The van der Waals surface area contributed by atoms with Crippen LogP contribution in [0.25, 0.3) is 0 Å².